The summed E-state index contributed by atoms with van der Waals surface area (Å²) in [4.78, 5) is 0. The van der Waals surface area contributed by atoms with Crippen LogP contribution in [0.2, 0.25) is 0 Å². The molecule has 2 atom stereocenters. The molecule has 1 rings (SSSR count). The average Bonchev–Trinajstić information content (AvgIpc) is 1.88. The highest BCUT2D eigenvalue weighted by Crippen LogP contribution is 2.25. The van der Waals surface area contributed by atoms with Crippen molar-refractivity contribution in [2.45, 2.75) is 38.2 Å². The van der Waals surface area contributed by atoms with Crippen LogP contribution in [-0.2, 0) is 0 Å². The molecule has 10 heavy (non-hydrogen) atoms. The van der Waals surface area contributed by atoms with Crippen molar-refractivity contribution >= 4 is 0 Å². The van der Waals surface area contributed by atoms with Crippen LogP contribution in [0.15, 0.2) is 0 Å². The third-order valence-electron chi connectivity index (χ3n) is 2.33. The maximum Gasteiger partial charge on any atom is 0.0542 e. The van der Waals surface area contributed by atoms with Crippen molar-refractivity contribution in [3.8, 4) is 0 Å². The predicted octanol–water partition coefficient (Wildman–Crippen LogP) is 0.886. The third-order valence-corrected chi connectivity index (χ3v) is 2.33. The van der Waals surface area contributed by atoms with Crippen LogP contribution in [0.4, 0.5) is 0 Å². The number of aliphatic hydroxyl groups excluding tert-OH is 1. The number of aliphatic hydroxyl groups is 1. The lowest BCUT2D eigenvalue weighted by atomic mass is 9.85. The van der Waals surface area contributed by atoms with E-state index in [1.165, 1.54) is 12.8 Å². The van der Waals surface area contributed by atoms with E-state index in [1.807, 2.05) is 0 Å². The van der Waals surface area contributed by atoms with Crippen molar-refractivity contribution in [3.63, 3.8) is 0 Å². The summed E-state index contributed by atoms with van der Waals surface area (Å²) in [5, 5.41) is 9.27. The van der Waals surface area contributed by atoms with Gasteiger partial charge in [0.1, 0.15) is 0 Å². The lowest BCUT2D eigenvalue weighted by Gasteiger charge is -2.25. The molecule has 0 aliphatic heterocycles. The van der Waals surface area contributed by atoms with Gasteiger partial charge in [0, 0.05) is 0 Å². The van der Waals surface area contributed by atoms with Crippen molar-refractivity contribution in [1.82, 2.24) is 0 Å². The molecule has 0 aromatic heterocycles. The molecule has 1 aliphatic rings. The van der Waals surface area contributed by atoms with Gasteiger partial charge in [0.15, 0.2) is 0 Å². The highest BCUT2D eigenvalue weighted by Gasteiger charge is 2.18. The summed E-state index contributed by atoms with van der Waals surface area (Å²) >= 11 is 0. The summed E-state index contributed by atoms with van der Waals surface area (Å²) in [6.45, 7) is 0.775. The van der Waals surface area contributed by atoms with Gasteiger partial charge in [-0.1, -0.05) is 12.8 Å². The second-order valence-electron chi connectivity index (χ2n) is 3.26. The quantitative estimate of drug-likeness (QED) is 0.603. The van der Waals surface area contributed by atoms with Gasteiger partial charge in [-0.25, -0.2) is 0 Å². The van der Waals surface area contributed by atoms with Crippen molar-refractivity contribution in [1.29, 1.82) is 0 Å². The first-order valence-electron chi connectivity index (χ1n) is 4.21. The number of nitrogens with two attached hydrogens (primary N) is 1. The topological polar surface area (TPSA) is 46.2 Å². The van der Waals surface area contributed by atoms with E-state index in [1.54, 1.807) is 0 Å². The summed E-state index contributed by atoms with van der Waals surface area (Å²) < 4.78 is 0. The fraction of sp³-hybridized carbons (Fsp3) is 1.00. The van der Waals surface area contributed by atoms with Gasteiger partial charge in [-0.2, -0.15) is 0 Å². The van der Waals surface area contributed by atoms with E-state index in [4.69, 9.17) is 5.73 Å². The lowest BCUT2D eigenvalue weighted by molar-refractivity contribution is 0.0991. The maximum absolute atomic E-state index is 9.27. The van der Waals surface area contributed by atoms with E-state index in [9.17, 15) is 5.11 Å². The Morgan fingerprint density at radius 3 is 2.80 bits per heavy atom. The van der Waals surface area contributed by atoms with E-state index >= 15 is 0 Å². The Labute approximate surface area is 62.4 Å². The van der Waals surface area contributed by atoms with Crippen molar-refractivity contribution in [2.75, 3.05) is 6.54 Å². The van der Waals surface area contributed by atoms with E-state index in [2.05, 4.69) is 0 Å². The molecule has 0 heterocycles. The fourth-order valence-corrected chi connectivity index (χ4v) is 1.76. The van der Waals surface area contributed by atoms with Crippen LogP contribution in [0, 0.1) is 5.92 Å². The maximum atomic E-state index is 9.27. The lowest BCUT2D eigenvalue weighted by Crippen LogP contribution is -2.21. The molecule has 0 aromatic rings. The Morgan fingerprint density at radius 2 is 2.20 bits per heavy atom. The molecular weight excluding hydrogens is 126 g/mol. The highest BCUT2D eigenvalue weighted by atomic mass is 16.3. The predicted molar refractivity (Wildman–Crippen MR) is 41.6 cm³/mol. The van der Waals surface area contributed by atoms with Gasteiger partial charge >= 0.3 is 0 Å². The van der Waals surface area contributed by atoms with E-state index in [0.717, 1.165) is 25.8 Å². The molecule has 2 nitrogen and oxygen atoms in total. The van der Waals surface area contributed by atoms with Crippen LogP contribution >= 0.6 is 0 Å². The number of hydrogen-bond acceptors (Lipinski definition) is 2. The zero-order valence-electron chi connectivity index (χ0n) is 6.42. The van der Waals surface area contributed by atoms with E-state index < -0.39 is 0 Å². The summed E-state index contributed by atoms with van der Waals surface area (Å²) in [6, 6.07) is 0. The molecule has 3 N–H and O–H groups in total. The molecule has 1 fully saturated rings. The van der Waals surface area contributed by atoms with Gasteiger partial charge in [-0.15, -0.1) is 0 Å². The van der Waals surface area contributed by atoms with Crippen LogP contribution in [0.25, 0.3) is 0 Å². The number of hydrogen-bond donors (Lipinski definition) is 2. The normalized spacial score (nSPS) is 34.2. The van der Waals surface area contributed by atoms with Gasteiger partial charge in [-0.05, 0) is 31.7 Å². The summed E-state index contributed by atoms with van der Waals surface area (Å²) in [7, 11) is 0. The Balaban J connectivity index is 2.18. The minimum Gasteiger partial charge on any atom is -0.393 e. The largest absolute Gasteiger partial charge is 0.393 e. The SMILES string of the molecule is NCC[C@H]1CCC[C@@H](O)C1. The molecule has 2 heteroatoms. The van der Waals surface area contributed by atoms with Gasteiger partial charge < -0.3 is 10.8 Å². The summed E-state index contributed by atoms with van der Waals surface area (Å²) in [5.74, 6) is 0.703. The Bertz CT molecular complexity index is 93.3. The molecule has 0 spiro atoms. The number of rotatable bonds is 2. The smallest absolute Gasteiger partial charge is 0.0542 e. The fourth-order valence-electron chi connectivity index (χ4n) is 1.76. The van der Waals surface area contributed by atoms with Crippen LogP contribution in [0.5, 0.6) is 0 Å². The molecule has 0 saturated heterocycles. The standard InChI is InChI=1S/C8H17NO/c9-5-4-7-2-1-3-8(10)6-7/h7-8,10H,1-6,9H2/t7-,8-/m1/s1. The van der Waals surface area contributed by atoms with Gasteiger partial charge in [-0.3, -0.25) is 0 Å². The summed E-state index contributed by atoms with van der Waals surface area (Å²) in [5.41, 5.74) is 5.42. The van der Waals surface area contributed by atoms with Crippen molar-refractivity contribution in [2.24, 2.45) is 11.7 Å². The Morgan fingerprint density at radius 1 is 1.40 bits per heavy atom. The molecule has 60 valence electrons. The second-order valence-corrected chi connectivity index (χ2v) is 3.26. The molecule has 0 unspecified atom stereocenters. The molecule has 0 amide bonds. The van der Waals surface area contributed by atoms with Crippen LogP contribution in [-0.4, -0.2) is 17.8 Å². The minimum absolute atomic E-state index is 0.0368. The van der Waals surface area contributed by atoms with E-state index in [-0.39, 0.29) is 6.10 Å². The Hall–Kier alpha value is -0.0800. The molecule has 0 radical (unpaired) electrons. The van der Waals surface area contributed by atoms with E-state index in [0.29, 0.717) is 5.92 Å². The molecule has 1 saturated carbocycles. The third kappa shape index (κ3) is 2.27. The van der Waals surface area contributed by atoms with Gasteiger partial charge in [0.2, 0.25) is 0 Å². The zero-order valence-corrected chi connectivity index (χ0v) is 6.42. The monoisotopic (exact) mass is 143 g/mol. The molecule has 0 aromatic carbocycles. The Kier molecular flexibility index (Phi) is 3.16. The average molecular weight is 143 g/mol. The van der Waals surface area contributed by atoms with Gasteiger partial charge in [0.05, 0.1) is 6.10 Å². The molecule has 1 aliphatic carbocycles. The first-order chi connectivity index (χ1) is 4.83. The van der Waals surface area contributed by atoms with Crippen LogP contribution < -0.4 is 5.73 Å². The zero-order chi connectivity index (χ0) is 7.40. The van der Waals surface area contributed by atoms with Crippen LogP contribution in [0.3, 0.4) is 0 Å². The second kappa shape index (κ2) is 3.94. The van der Waals surface area contributed by atoms with Crippen molar-refractivity contribution in [3.05, 3.63) is 0 Å². The highest BCUT2D eigenvalue weighted by molar-refractivity contribution is 4.71. The first-order valence-corrected chi connectivity index (χ1v) is 4.21. The van der Waals surface area contributed by atoms with Crippen LogP contribution in [0.1, 0.15) is 32.1 Å². The minimum atomic E-state index is -0.0368. The summed E-state index contributed by atoms with van der Waals surface area (Å²) in [6.07, 6.45) is 5.50. The molecule has 0 bridgehead atoms. The van der Waals surface area contributed by atoms with Gasteiger partial charge in [0.25, 0.3) is 0 Å². The van der Waals surface area contributed by atoms with Crippen molar-refractivity contribution < 1.29 is 5.11 Å². The first kappa shape index (κ1) is 8.02. The molecular formula is C8H17NO.